The van der Waals surface area contributed by atoms with Gasteiger partial charge in [-0.05, 0) is 25.3 Å². The lowest BCUT2D eigenvalue weighted by Gasteiger charge is -2.52. The molecule has 142 valence electrons. The number of hydrogen-bond donors (Lipinski definition) is 2. The van der Waals surface area contributed by atoms with Crippen LogP contribution in [0.5, 0.6) is 0 Å². The van der Waals surface area contributed by atoms with E-state index in [2.05, 4.69) is 0 Å². The monoisotopic (exact) mass is 366 g/mol. The predicted octanol–water partition coefficient (Wildman–Crippen LogP) is 3.45. The molecule has 0 aromatic heterocycles. The van der Waals surface area contributed by atoms with E-state index in [1.807, 2.05) is 0 Å². The fraction of sp³-hybridized carbons (Fsp3) is 0.391. The van der Waals surface area contributed by atoms with Crippen molar-refractivity contribution in [1.82, 2.24) is 0 Å². The van der Waals surface area contributed by atoms with Crippen molar-refractivity contribution in [2.75, 3.05) is 0 Å². The highest BCUT2D eigenvalue weighted by atomic mass is 16.3. The molecule has 2 N–H and O–H groups in total. The van der Waals surface area contributed by atoms with Crippen molar-refractivity contribution in [1.29, 1.82) is 0 Å². The number of Topliss-reactive ketones (excluding diaryl/α,β-unsaturated/α-hetero) is 1. The van der Waals surface area contributed by atoms with Crippen molar-refractivity contribution >= 4 is 12.1 Å². The highest BCUT2D eigenvalue weighted by molar-refractivity contribution is 6.06. The van der Waals surface area contributed by atoms with Gasteiger partial charge in [-0.25, -0.2) is 0 Å². The average Bonchev–Trinajstić information content (AvgIpc) is 2.70. The van der Waals surface area contributed by atoms with Crippen LogP contribution in [0.1, 0.15) is 54.9 Å². The summed E-state index contributed by atoms with van der Waals surface area (Å²) in [5.41, 5.74) is -4.59. The smallest absolute Gasteiger partial charge is 0.195 e. The maximum Gasteiger partial charge on any atom is 0.195 e. The van der Waals surface area contributed by atoms with Gasteiger partial charge in [-0.1, -0.05) is 79.9 Å². The van der Waals surface area contributed by atoms with Crippen LogP contribution in [0.4, 0.5) is 0 Å². The number of hydrogen-bond acceptors (Lipinski definition) is 4. The molecular weight excluding hydrogens is 340 g/mol. The highest BCUT2D eigenvalue weighted by Crippen LogP contribution is 2.50. The zero-order valence-electron chi connectivity index (χ0n) is 15.6. The summed E-state index contributed by atoms with van der Waals surface area (Å²) < 4.78 is 0. The van der Waals surface area contributed by atoms with Crippen LogP contribution in [0.15, 0.2) is 60.7 Å². The number of aliphatic hydroxyl groups is 2. The van der Waals surface area contributed by atoms with Gasteiger partial charge in [0, 0.05) is 5.56 Å². The van der Waals surface area contributed by atoms with Gasteiger partial charge >= 0.3 is 0 Å². The average molecular weight is 366 g/mol. The van der Waals surface area contributed by atoms with Crippen LogP contribution in [0, 0.1) is 0 Å². The van der Waals surface area contributed by atoms with E-state index in [-0.39, 0.29) is 0 Å². The second kappa shape index (κ2) is 7.37. The molecule has 1 saturated carbocycles. The van der Waals surface area contributed by atoms with E-state index in [1.54, 1.807) is 60.7 Å². The van der Waals surface area contributed by atoms with E-state index < -0.39 is 22.4 Å². The third-order valence-electron chi connectivity index (χ3n) is 6.07. The van der Waals surface area contributed by atoms with Crippen LogP contribution >= 0.6 is 0 Å². The second-order valence-electron chi connectivity index (χ2n) is 7.65. The van der Waals surface area contributed by atoms with Crippen molar-refractivity contribution in [2.45, 2.75) is 55.6 Å². The number of carbonyl (C=O) groups excluding carboxylic acids is 2. The molecule has 4 heteroatoms. The van der Waals surface area contributed by atoms with Crippen LogP contribution in [0.3, 0.4) is 0 Å². The van der Waals surface area contributed by atoms with Crippen molar-refractivity contribution in [3.63, 3.8) is 0 Å². The number of rotatable bonds is 6. The summed E-state index contributed by atoms with van der Waals surface area (Å²) in [6, 6.07) is 17.1. The Bertz CT molecular complexity index is 792. The van der Waals surface area contributed by atoms with E-state index in [1.165, 1.54) is 6.92 Å². The molecule has 0 aliphatic heterocycles. The molecule has 2 aromatic carbocycles. The Morgan fingerprint density at radius 1 is 0.963 bits per heavy atom. The molecule has 3 rings (SSSR count). The lowest BCUT2D eigenvalue weighted by Crippen LogP contribution is -2.68. The van der Waals surface area contributed by atoms with Gasteiger partial charge in [0.25, 0.3) is 0 Å². The molecule has 0 saturated heterocycles. The molecule has 0 radical (unpaired) electrons. The van der Waals surface area contributed by atoms with Crippen LogP contribution < -0.4 is 0 Å². The molecule has 2 aromatic rings. The maximum absolute atomic E-state index is 13.3. The fourth-order valence-corrected chi connectivity index (χ4v) is 4.58. The largest absolute Gasteiger partial charge is 0.388 e. The zero-order chi connectivity index (χ0) is 19.5. The van der Waals surface area contributed by atoms with Gasteiger partial charge in [-0.2, -0.15) is 0 Å². The number of ketones is 1. The summed E-state index contributed by atoms with van der Waals surface area (Å²) in [5, 5.41) is 23.2. The first-order valence-corrected chi connectivity index (χ1v) is 9.45. The van der Waals surface area contributed by atoms with Gasteiger partial charge in [0.2, 0.25) is 0 Å². The molecule has 27 heavy (non-hydrogen) atoms. The Kier molecular flexibility index (Phi) is 5.31. The third-order valence-corrected chi connectivity index (χ3v) is 6.07. The zero-order valence-corrected chi connectivity index (χ0v) is 15.6. The van der Waals surface area contributed by atoms with Crippen molar-refractivity contribution in [2.24, 2.45) is 0 Å². The van der Waals surface area contributed by atoms with Gasteiger partial charge < -0.3 is 15.0 Å². The quantitative estimate of drug-likeness (QED) is 0.606. The van der Waals surface area contributed by atoms with Crippen molar-refractivity contribution in [3.8, 4) is 0 Å². The molecule has 0 bridgehead atoms. The molecule has 2 unspecified atom stereocenters. The Balaban J connectivity index is 2.23. The van der Waals surface area contributed by atoms with Gasteiger partial charge in [-0.15, -0.1) is 0 Å². The fourth-order valence-electron chi connectivity index (χ4n) is 4.58. The van der Waals surface area contributed by atoms with E-state index in [4.69, 9.17) is 0 Å². The molecule has 4 nitrogen and oxygen atoms in total. The summed E-state index contributed by atoms with van der Waals surface area (Å²) in [4.78, 5) is 26.0. The molecule has 1 aliphatic carbocycles. The first kappa shape index (κ1) is 19.5. The Morgan fingerprint density at radius 3 is 2.00 bits per heavy atom. The van der Waals surface area contributed by atoms with Crippen molar-refractivity contribution < 1.29 is 19.8 Å². The minimum atomic E-state index is -2.11. The van der Waals surface area contributed by atoms with Gasteiger partial charge in [0.1, 0.15) is 17.3 Å². The molecule has 0 amide bonds. The first-order valence-electron chi connectivity index (χ1n) is 9.45. The Labute approximate surface area is 159 Å². The second-order valence-corrected chi connectivity index (χ2v) is 7.65. The summed E-state index contributed by atoms with van der Waals surface area (Å²) in [5.74, 6) is -0.571. The van der Waals surface area contributed by atoms with Crippen LogP contribution in [0.25, 0.3) is 0 Å². The standard InChI is InChI=1S/C23H26O4/c1-21(26,20(25)18-11-5-2-6-12-18)23(17-24,19-13-7-3-8-14-19)22(27)15-9-4-10-16-22/h2-3,5-8,11-14,17,26-27H,4,9-10,15-16H2,1H3. The van der Waals surface area contributed by atoms with Gasteiger partial charge in [0.15, 0.2) is 5.78 Å². The van der Waals surface area contributed by atoms with E-state index in [0.29, 0.717) is 30.3 Å². The lowest BCUT2D eigenvalue weighted by molar-refractivity contribution is -0.154. The maximum atomic E-state index is 13.3. The highest BCUT2D eigenvalue weighted by Gasteiger charge is 2.64. The molecule has 1 aliphatic rings. The number of benzene rings is 2. The molecule has 0 heterocycles. The summed E-state index contributed by atoms with van der Waals surface area (Å²) in [6.07, 6.45) is 3.76. The summed E-state index contributed by atoms with van der Waals surface area (Å²) in [7, 11) is 0. The first-order chi connectivity index (χ1) is 12.9. The molecule has 2 atom stereocenters. The lowest BCUT2D eigenvalue weighted by atomic mass is 9.54. The predicted molar refractivity (Wildman–Crippen MR) is 104 cm³/mol. The van der Waals surface area contributed by atoms with E-state index in [0.717, 1.165) is 19.3 Å². The van der Waals surface area contributed by atoms with Crippen LogP contribution in [-0.2, 0) is 10.2 Å². The Morgan fingerprint density at radius 2 is 1.48 bits per heavy atom. The SMILES string of the molecule is CC(O)(C(=O)c1ccccc1)C(C=O)(c1ccccc1)C1(O)CCCCC1. The molecular formula is C23H26O4. The number of carbonyl (C=O) groups is 2. The van der Waals surface area contributed by atoms with Crippen LogP contribution in [-0.4, -0.2) is 33.5 Å². The van der Waals surface area contributed by atoms with E-state index in [9.17, 15) is 19.8 Å². The minimum Gasteiger partial charge on any atom is -0.388 e. The van der Waals surface area contributed by atoms with Crippen LogP contribution in [0.2, 0.25) is 0 Å². The van der Waals surface area contributed by atoms with E-state index >= 15 is 0 Å². The summed E-state index contributed by atoms with van der Waals surface area (Å²) in [6.45, 7) is 1.36. The van der Waals surface area contributed by atoms with Gasteiger partial charge in [0.05, 0.1) is 5.60 Å². The summed E-state index contributed by atoms with van der Waals surface area (Å²) >= 11 is 0. The normalized spacial score (nSPS) is 20.9. The van der Waals surface area contributed by atoms with Crippen molar-refractivity contribution in [3.05, 3.63) is 71.8 Å². The molecule has 0 spiro atoms. The molecule has 1 fully saturated rings. The number of aldehydes is 1. The Hall–Kier alpha value is -2.30. The minimum absolute atomic E-state index is 0.309. The topological polar surface area (TPSA) is 74.6 Å². The third kappa shape index (κ3) is 3.03. The van der Waals surface area contributed by atoms with Gasteiger partial charge in [-0.3, -0.25) is 4.79 Å².